The Bertz CT molecular complexity index is 745. The Balaban J connectivity index is 2.21. The van der Waals surface area contributed by atoms with Gasteiger partial charge in [0.2, 0.25) is 0 Å². The molecular weight excluding hydrogens is 322 g/mol. The molecule has 0 unspecified atom stereocenters. The number of carboxylic acid groups (broad SMARTS) is 1. The second-order valence-electron chi connectivity index (χ2n) is 3.72. The van der Waals surface area contributed by atoms with Crippen LogP contribution in [-0.2, 0) is 0 Å². The first-order chi connectivity index (χ1) is 9.88. The zero-order valence-electron chi connectivity index (χ0n) is 10.1. The van der Waals surface area contributed by atoms with E-state index in [0.29, 0.717) is 0 Å². The van der Waals surface area contributed by atoms with Crippen LogP contribution in [0.15, 0.2) is 23.6 Å². The Kier molecular flexibility index (Phi) is 4.15. The monoisotopic (exact) mass is 327 g/mol. The minimum absolute atomic E-state index is 0.0552. The van der Waals surface area contributed by atoms with Gasteiger partial charge in [0.05, 0.1) is 4.92 Å². The molecule has 0 aliphatic heterocycles. The SMILES string of the molecule is O=C(O)c1csc(C(=O)Nc2ccc(Cl)c([N+](=O)[O-])c2)n1. The lowest BCUT2D eigenvalue weighted by molar-refractivity contribution is -0.384. The van der Waals surface area contributed by atoms with Crippen LogP contribution in [0.4, 0.5) is 11.4 Å². The molecule has 0 aliphatic carbocycles. The highest BCUT2D eigenvalue weighted by molar-refractivity contribution is 7.12. The summed E-state index contributed by atoms with van der Waals surface area (Å²) in [5, 5.41) is 23.0. The van der Waals surface area contributed by atoms with Gasteiger partial charge in [-0.15, -0.1) is 11.3 Å². The Morgan fingerprint density at radius 1 is 1.43 bits per heavy atom. The van der Waals surface area contributed by atoms with Gasteiger partial charge in [-0.25, -0.2) is 9.78 Å². The molecule has 1 aromatic heterocycles. The van der Waals surface area contributed by atoms with Crippen LogP contribution in [-0.4, -0.2) is 26.9 Å². The Hall–Kier alpha value is -2.52. The van der Waals surface area contributed by atoms with Gasteiger partial charge in [-0.05, 0) is 12.1 Å². The van der Waals surface area contributed by atoms with E-state index in [4.69, 9.17) is 16.7 Å². The number of aromatic nitrogens is 1. The number of nitrogens with zero attached hydrogens (tertiary/aromatic N) is 2. The molecule has 1 amide bonds. The van der Waals surface area contributed by atoms with Gasteiger partial charge in [0.25, 0.3) is 11.6 Å². The van der Waals surface area contributed by atoms with Crippen LogP contribution >= 0.6 is 22.9 Å². The molecule has 2 N–H and O–H groups in total. The molecule has 0 fully saturated rings. The van der Waals surface area contributed by atoms with Gasteiger partial charge in [0.15, 0.2) is 10.7 Å². The molecule has 0 saturated carbocycles. The Labute approximate surface area is 126 Å². The number of carbonyl (C=O) groups excluding carboxylic acids is 1. The first-order valence-corrected chi connectivity index (χ1v) is 6.58. The summed E-state index contributed by atoms with van der Waals surface area (Å²) in [6.07, 6.45) is 0. The highest BCUT2D eigenvalue weighted by Crippen LogP contribution is 2.27. The van der Waals surface area contributed by atoms with Gasteiger partial charge < -0.3 is 10.4 Å². The number of hydrogen-bond donors (Lipinski definition) is 2. The molecule has 2 rings (SSSR count). The molecular formula is C11H6ClN3O5S. The molecule has 0 aliphatic rings. The minimum Gasteiger partial charge on any atom is -0.476 e. The van der Waals surface area contributed by atoms with Gasteiger partial charge in [0, 0.05) is 17.1 Å². The summed E-state index contributed by atoms with van der Waals surface area (Å²) < 4.78 is 0. The number of nitro groups is 1. The van der Waals surface area contributed by atoms with Crippen LogP contribution in [0.3, 0.4) is 0 Å². The van der Waals surface area contributed by atoms with Crippen LogP contribution in [0.2, 0.25) is 5.02 Å². The number of halogens is 1. The van der Waals surface area contributed by atoms with Gasteiger partial charge in [-0.1, -0.05) is 11.6 Å². The van der Waals surface area contributed by atoms with Gasteiger partial charge in [-0.2, -0.15) is 0 Å². The second kappa shape index (κ2) is 5.85. The van der Waals surface area contributed by atoms with Crippen molar-refractivity contribution < 1.29 is 19.6 Å². The summed E-state index contributed by atoms with van der Waals surface area (Å²) in [5.41, 5.74) is -0.435. The number of hydrogen-bond acceptors (Lipinski definition) is 6. The predicted molar refractivity (Wildman–Crippen MR) is 75.1 cm³/mol. The van der Waals surface area contributed by atoms with E-state index in [1.807, 2.05) is 0 Å². The van der Waals surface area contributed by atoms with Crippen molar-refractivity contribution >= 4 is 46.2 Å². The largest absolute Gasteiger partial charge is 0.476 e. The van der Waals surface area contributed by atoms with E-state index in [9.17, 15) is 19.7 Å². The van der Waals surface area contributed by atoms with E-state index < -0.39 is 16.8 Å². The van der Waals surface area contributed by atoms with Crippen LogP contribution in [0.25, 0.3) is 0 Å². The summed E-state index contributed by atoms with van der Waals surface area (Å²) in [5.74, 6) is -1.91. The third-order valence-corrected chi connectivity index (χ3v) is 3.48. The number of rotatable bonds is 4. The highest BCUT2D eigenvalue weighted by atomic mass is 35.5. The molecule has 108 valence electrons. The predicted octanol–water partition coefficient (Wildman–Crippen LogP) is 2.66. The average molecular weight is 328 g/mol. The Morgan fingerprint density at radius 3 is 2.71 bits per heavy atom. The van der Waals surface area contributed by atoms with Gasteiger partial charge in [-0.3, -0.25) is 14.9 Å². The standard InChI is InChI=1S/C11H6ClN3O5S/c12-6-2-1-5(3-8(6)15(19)20)13-9(16)10-14-7(4-21-10)11(17)18/h1-4H,(H,13,16)(H,17,18). The van der Waals surface area contributed by atoms with Crippen molar-refractivity contribution in [3.63, 3.8) is 0 Å². The van der Waals surface area contributed by atoms with E-state index >= 15 is 0 Å². The van der Waals surface area contributed by atoms with E-state index in [-0.39, 0.29) is 27.1 Å². The summed E-state index contributed by atoms with van der Waals surface area (Å²) in [7, 11) is 0. The zero-order chi connectivity index (χ0) is 15.6. The lowest BCUT2D eigenvalue weighted by atomic mass is 10.3. The van der Waals surface area contributed by atoms with Crippen LogP contribution < -0.4 is 5.32 Å². The molecule has 0 radical (unpaired) electrons. The van der Waals surface area contributed by atoms with Crippen molar-refractivity contribution in [1.82, 2.24) is 4.98 Å². The molecule has 0 bridgehead atoms. The molecule has 10 heteroatoms. The number of benzene rings is 1. The zero-order valence-corrected chi connectivity index (χ0v) is 11.6. The maximum atomic E-state index is 11.9. The van der Waals surface area contributed by atoms with Crippen molar-refractivity contribution in [2.45, 2.75) is 0 Å². The first kappa shape index (κ1) is 14.9. The molecule has 2 aromatic rings. The number of nitrogens with one attached hydrogen (secondary N) is 1. The Morgan fingerprint density at radius 2 is 2.14 bits per heavy atom. The van der Waals surface area contributed by atoms with E-state index in [1.165, 1.54) is 17.5 Å². The normalized spacial score (nSPS) is 10.1. The molecule has 1 heterocycles. The van der Waals surface area contributed by atoms with Crippen molar-refractivity contribution in [2.24, 2.45) is 0 Å². The highest BCUT2D eigenvalue weighted by Gasteiger charge is 2.17. The maximum Gasteiger partial charge on any atom is 0.355 e. The lowest BCUT2D eigenvalue weighted by Crippen LogP contribution is -2.12. The van der Waals surface area contributed by atoms with Crippen molar-refractivity contribution in [1.29, 1.82) is 0 Å². The van der Waals surface area contributed by atoms with E-state index in [2.05, 4.69) is 10.3 Å². The van der Waals surface area contributed by atoms with Gasteiger partial charge >= 0.3 is 5.97 Å². The number of carboxylic acids is 1. The van der Waals surface area contributed by atoms with Crippen molar-refractivity contribution in [3.8, 4) is 0 Å². The first-order valence-electron chi connectivity index (χ1n) is 5.32. The molecule has 0 saturated heterocycles. The molecule has 8 nitrogen and oxygen atoms in total. The summed E-state index contributed by atoms with van der Waals surface area (Å²) in [6, 6.07) is 3.77. The van der Waals surface area contributed by atoms with Crippen LogP contribution in [0.5, 0.6) is 0 Å². The molecule has 0 spiro atoms. The maximum absolute atomic E-state index is 11.9. The van der Waals surface area contributed by atoms with Crippen LogP contribution in [0, 0.1) is 10.1 Å². The smallest absolute Gasteiger partial charge is 0.355 e. The summed E-state index contributed by atoms with van der Waals surface area (Å²) >= 11 is 6.51. The van der Waals surface area contributed by atoms with Crippen molar-refractivity contribution in [2.75, 3.05) is 5.32 Å². The fourth-order valence-electron chi connectivity index (χ4n) is 1.39. The summed E-state index contributed by atoms with van der Waals surface area (Å²) in [4.78, 5) is 36.2. The minimum atomic E-state index is -1.24. The van der Waals surface area contributed by atoms with Crippen molar-refractivity contribution in [3.05, 3.63) is 49.4 Å². The second-order valence-corrected chi connectivity index (χ2v) is 4.99. The summed E-state index contributed by atoms with van der Waals surface area (Å²) in [6.45, 7) is 0. The fourth-order valence-corrected chi connectivity index (χ4v) is 2.26. The number of anilines is 1. The number of nitro benzene ring substituents is 1. The quantitative estimate of drug-likeness (QED) is 0.657. The lowest BCUT2D eigenvalue weighted by Gasteiger charge is -2.03. The van der Waals surface area contributed by atoms with E-state index in [1.54, 1.807) is 0 Å². The van der Waals surface area contributed by atoms with E-state index in [0.717, 1.165) is 17.4 Å². The molecule has 21 heavy (non-hydrogen) atoms. The number of thiazole rings is 1. The van der Waals surface area contributed by atoms with Crippen LogP contribution in [0.1, 0.15) is 20.3 Å². The molecule has 0 atom stereocenters. The number of aromatic carboxylic acids is 1. The molecule has 1 aromatic carbocycles. The third-order valence-electron chi connectivity index (χ3n) is 2.32. The number of carbonyl (C=O) groups is 2. The fraction of sp³-hybridized carbons (Fsp3) is 0. The van der Waals surface area contributed by atoms with Gasteiger partial charge in [0.1, 0.15) is 5.02 Å². The number of amides is 1. The topological polar surface area (TPSA) is 122 Å². The third kappa shape index (κ3) is 3.33. The average Bonchev–Trinajstić information content (AvgIpc) is 2.90.